The number of aromatic hydroxyl groups is 1. The highest BCUT2D eigenvalue weighted by atomic mass is 32.2. The standard InChI is InChI=1S/C29H27NO4S/c1-20-10-9-11-21(2)28(20)30-27(31)16-17-35(33,34)24-18-25(22-12-5-3-6-13-22)29(32)26(19-24)23-14-7-4-8-15-23/h3-15,18-19,32H,16-17H2,1-2H3,(H,30,31). The Kier molecular flexibility index (Phi) is 7.03. The van der Waals surface area contributed by atoms with Crippen LogP contribution in [-0.4, -0.2) is 25.2 Å². The molecule has 0 aromatic heterocycles. The molecule has 2 N–H and O–H groups in total. The van der Waals surface area contributed by atoms with Crippen LogP contribution >= 0.6 is 0 Å². The zero-order chi connectivity index (χ0) is 25.0. The maximum atomic E-state index is 13.3. The topological polar surface area (TPSA) is 83.5 Å². The molecule has 0 aliphatic rings. The van der Waals surface area contributed by atoms with E-state index in [9.17, 15) is 18.3 Å². The highest BCUT2D eigenvalue weighted by Crippen LogP contribution is 2.40. The fraction of sp³-hybridized carbons (Fsp3) is 0.138. The molecule has 0 radical (unpaired) electrons. The van der Waals surface area contributed by atoms with Gasteiger partial charge in [0.25, 0.3) is 0 Å². The van der Waals surface area contributed by atoms with E-state index in [0.29, 0.717) is 27.9 Å². The molecular weight excluding hydrogens is 458 g/mol. The molecule has 0 aliphatic heterocycles. The van der Waals surface area contributed by atoms with Crippen molar-refractivity contribution in [3.63, 3.8) is 0 Å². The van der Waals surface area contributed by atoms with Gasteiger partial charge in [-0.25, -0.2) is 8.42 Å². The van der Waals surface area contributed by atoms with Crippen molar-refractivity contribution < 1.29 is 18.3 Å². The summed E-state index contributed by atoms with van der Waals surface area (Å²) in [6, 6.07) is 27.0. The lowest BCUT2D eigenvalue weighted by molar-refractivity contribution is -0.115. The summed E-state index contributed by atoms with van der Waals surface area (Å²) in [5.74, 6) is -0.706. The van der Waals surface area contributed by atoms with Gasteiger partial charge in [0, 0.05) is 23.2 Å². The number of anilines is 1. The number of rotatable bonds is 7. The lowest BCUT2D eigenvalue weighted by Crippen LogP contribution is -2.18. The molecule has 0 aliphatic carbocycles. The SMILES string of the molecule is Cc1cccc(C)c1NC(=O)CCS(=O)(=O)c1cc(-c2ccccc2)c(O)c(-c2ccccc2)c1. The zero-order valence-electron chi connectivity index (χ0n) is 19.7. The van der Waals surface area contributed by atoms with Crippen molar-refractivity contribution in [2.75, 3.05) is 11.1 Å². The molecule has 35 heavy (non-hydrogen) atoms. The second-order valence-electron chi connectivity index (χ2n) is 8.48. The Labute approximate surface area is 206 Å². The molecule has 0 unspecified atom stereocenters. The fourth-order valence-corrected chi connectivity index (χ4v) is 5.31. The smallest absolute Gasteiger partial charge is 0.225 e. The van der Waals surface area contributed by atoms with E-state index < -0.39 is 9.84 Å². The summed E-state index contributed by atoms with van der Waals surface area (Å²) in [6.45, 7) is 3.79. The molecule has 0 saturated heterocycles. The highest BCUT2D eigenvalue weighted by Gasteiger charge is 2.22. The summed E-state index contributed by atoms with van der Waals surface area (Å²) >= 11 is 0. The molecular formula is C29H27NO4S. The maximum absolute atomic E-state index is 13.3. The van der Waals surface area contributed by atoms with Gasteiger partial charge >= 0.3 is 0 Å². The minimum atomic E-state index is -3.82. The molecule has 0 saturated carbocycles. The first-order chi connectivity index (χ1) is 16.8. The van der Waals surface area contributed by atoms with Crippen LogP contribution in [-0.2, 0) is 14.6 Å². The summed E-state index contributed by atoms with van der Waals surface area (Å²) in [5.41, 5.74) is 4.78. The minimum Gasteiger partial charge on any atom is -0.507 e. The Morgan fingerprint density at radius 1 is 0.771 bits per heavy atom. The molecule has 4 aromatic carbocycles. The van der Waals surface area contributed by atoms with Gasteiger partial charge in [-0.1, -0.05) is 78.9 Å². The van der Waals surface area contributed by atoms with Gasteiger partial charge in [0.05, 0.1) is 10.6 Å². The number of phenolic OH excluding ortho intramolecular Hbond substituents is 1. The molecule has 0 spiro atoms. The van der Waals surface area contributed by atoms with Crippen molar-refractivity contribution in [1.82, 2.24) is 0 Å². The van der Waals surface area contributed by atoms with Crippen molar-refractivity contribution in [3.05, 3.63) is 102 Å². The summed E-state index contributed by atoms with van der Waals surface area (Å²) in [7, 11) is -3.82. The van der Waals surface area contributed by atoms with Crippen molar-refractivity contribution in [1.29, 1.82) is 0 Å². The number of sulfone groups is 1. The fourth-order valence-electron chi connectivity index (χ4n) is 4.02. The minimum absolute atomic E-state index is 0.00845. The zero-order valence-corrected chi connectivity index (χ0v) is 20.5. The van der Waals surface area contributed by atoms with Crippen molar-refractivity contribution in [3.8, 4) is 28.0 Å². The number of hydrogen-bond donors (Lipinski definition) is 2. The first-order valence-electron chi connectivity index (χ1n) is 11.3. The Morgan fingerprint density at radius 2 is 1.26 bits per heavy atom. The van der Waals surface area contributed by atoms with Gasteiger partial charge in [0.1, 0.15) is 5.75 Å². The van der Waals surface area contributed by atoms with Gasteiger partial charge in [0.2, 0.25) is 5.91 Å². The molecule has 4 aromatic rings. The Bertz CT molecular complexity index is 1380. The number of amides is 1. The van der Waals surface area contributed by atoms with Crippen LogP contribution in [0, 0.1) is 13.8 Å². The van der Waals surface area contributed by atoms with Crippen LogP contribution in [0.4, 0.5) is 5.69 Å². The first kappa shape index (κ1) is 24.2. The summed E-state index contributed by atoms with van der Waals surface area (Å²) in [4.78, 5) is 12.7. The third kappa shape index (κ3) is 5.44. The highest BCUT2D eigenvalue weighted by molar-refractivity contribution is 7.91. The van der Waals surface area contributed by atoms with Gasteiger partial charge < -0.3 is 10.4 Å². The average molecular weight is 486 g/mol. The lowest BCUT2D eigenvalue weighted by atomic mass is 9.97. The van der Waals surface area contributed by atoms with Crippen molar-refractivity contribution >= 4 is 21.4 Å². The second kappa shape index (κ2) is 10.2. The molecule has 0 heterocycles. The number of hydrogen-bond acceptors (Lipinski definition) is 4. The van der Waals surface area contributed by atoms with E-state index in [4.69, 9.17) is 0 Å². The van der Waals surface area contributed by atoms with Crippen LogP contribution in [0.5, 0.6) is 5.75 Å². The van der Waals surface area contributed by atoms with Crippen LogP contribution in [0.1, 0.15) is 17.5 Å². The van der Waals surface area contributed by atoms with Crippen molar-refractivity contribution in [2.24, 2.45) is 0 Å². The van der Waals surface area contributed by atoms with E-state index >= 15 is 0 Å². The third-order valence-electron chi connectivity index (χ3n) is 5.96. The third-order valence-corrected chi connectivity index (χ3v) is 7.65. The average Bonchev–Trinajstić information content (AvgIpc) is 2.86. The molecule has 178 valence electrons. The largest absolute Gasteiger partial charge is 0.507 e. The number of phenols is 1. The molecule has 6 heteroatoms. The number of benzene rings is 4. The Morgan fingerprint density at radius 3 is 1.74 bits per heavy atom. The molecule has 0 atom stereocenters. The Hall–Kier alpha value is -3.90. The van der Waals surface area contributed by atoms with Crippen LogP contribution < -0.4 is 5.32 Å². The monoisotopic (exact) mass is 485 g/mol. The molecule has 5 nitrogen and oxygen atoms in total. The van der Waals surface area contributed by atoms with E-state index in [1.807, 2.05) is 92.7 Å². The summed E-state index contributed by atoms with van der Waals surface area (Å²) in [6.07, 6.45) is -0.182. The molecule has 1 amide bonds. The lowest BCUT2D eigenvalue weighted by Gasteiger charge is -2.15. The van der Waals surface area contributed by atoms with E-state index in [2.05, 4.69) is 5.32 Å². The van der Waals surface area contributed by atoms with Gasteiger partial charge in [-0.2, -0.15) is 0 Å². The van der Waals surface area contributed by atoms with E-state index in [1.165, 1.54) is 12.1 Å². The predicted octanol–water partition coefficient (Wildman–Crippen LogP) is 6.15. The van der Waals surface area contributed by atoms with Crippen LogP contribution in [0.15, 0.2) is 95.9 Å². The Balaban J connectivity index is 1.66. The van der Waals surface area contributed by atoms with Gasteiger partial charge in [-0.15, -0.1) is 0 Å². The van der Waals surface area contributed by atoms with Crippen molar-refractivity contribution in [2.45, 2.75) is 25.2 Å². The molecule has 4 rings (SSSR count). The van der Waals surface area contributed by atoms with Crippen LogP contribution in [0.2, 0.25) is 0 Å². The van der Waals surface area contributed by atoms with Crippen LogP contribution in [0.3, 0.4) is 0 Å². The molecule has 0 bridgehead atoms. The van der Waals surface area contributed by atoms with Gasteiger partial charge in [0.15, 0.2) is 9.84 Å². The van der Waals surface area contributed by atoms with E-state index in [0.717, 1.165) is 11.1 Å². The summed E-state index contributed by atoms with van der Waals surface area (Å²) in [5, 5.41) is 13.9. The quantitative estimate of drug-likeness (QED) is 0.329. The number of aryl methyl sites for hydroxylation is 2. The summed E-state index contributed by atoms with van der Waals surface area (Å²) < 4.78 is 26.7. The number of carbonyl (C=O) groups excluding carboxylic acids is 1. The number of carbonyl (C=O) groups is 1. The van der Waals surface area contributed by atoms with Gasteiger partial charge in [-0.3, -0.25) is 4.79 Å². The van der Waals surface area contributed by atoms with E-state index in [1.54, 1.807) is 0 Å². The number of nitrogens with one attached hydrogen (secondary N) is 1. The second-order valence-corrected chi connectivity index (χ2v) is 10.6. The predicted molar refractivity (Wildman–Crippen MR) is 140 cm³/mol. The van der Waals surface area contributed by atoms with Crippen LogP contribution in [0.25, 0.3) is 22.3 Å². The van der Waals surface area contributed by atoms with E-state index in [-0.39, 0.29) is 28.7 Å². The first-order valence-corrected chi connectivity index (χ1v) is 13.0. The maximum Gasteiger partial charge on any atom is 0.225 e. The molecule has 0 fully saturated rings. The number of para-hydroxylation sites is 1. The normalized spacial score (nSPS) is 11.3. The van der Waals surface area contributed by atoms with Gasteiger partial charge in [-0.05, 0) is 48.2 Å².